The fraction of sp³-hybridized carbons (Fsp3) is 0.444. The van der Waals surface area contributed by atoms with Gasteiger partial charge >= 0.3 is 0 Å². The molecule has 23 heavy (non-hydrogen) atoms. The fourth-order valence-corrected chi connectivity index (χ4v) is 2.80. The van der Waals surface area contributed by atoms with Crippen LogP contribution >= 0.6 is 0 Å². The average molecular weight is 312 g/mol. The lowest BCUT2D eigenvalue weighted by atomic mass is 10.1. The molecular weight excluding hydrogens is 288 g/mol. The number of carbonyl (C=O) groups is 1. The minimum atomic E-state index is 0.0309. The van der Waals surface area contributed by atoms with Gasteiger partial charge in [0.25, 0.3) is 5.91 Å². The quantitative estimate of drug-likeness (QED) is 0.834. The molecule has 0 bridgehead atoms. The van der Waals surface area contributed by atoms with Gasteiger partial charge < -0.3 is 10.2 Å². The van der Waals surface area contributed by atoms with Crippen LogP contribution in [0.4, 0.5) is 5.69 Å². The second-order valence-electron chi connectivity index (χ2n) is 6.40. The highest BCUT2D eigenvalue weighted by atomic mass is 16.2. The van der Waals surface area contributed by atoms with E-state index < -0.39 is 0 Å². The topological polar surface area (TPSA) is 50.2 Å². The molecule has 1 N–H and O–H groups in total. The number of hydrogen-bond donors (Lipinski definition) is 1. The predicted molar refractivity (Wildman–Crippen MR) is 91.5 cm³/mol. The Balaban J connectivity index is 1.67. The minimum absolute atomic E-state index is 0.0309. The molecule has 0 unspecified atom stereocenters. The van der Waals surface area contributed by atoms with Gasteiger partial charge in [-0.15, -0.1) is 0 Å². The first-order valence-corrected chi connectivity index (χ1v) is 8.29. The molecule has 1 aliphatic rings. The first kappa shape index (κ1) is 15.7. The molecule has 1 aromatic heterocycles. The van der Waals surface area contributed by atoms with Crippen molar-refractivity contribution >= 4 is 11.6 Å². The lowest BCUT2D eigenvalue weighted by Crippen LogP contribution is -2.40. The Morgan fingerprint density at radius 2 is 2.00 bits per heavy atom. The summed E-state index contributed by atoms with van der Waals surface area (Å²) in [7, 11) is 0. The smallest absolute Gasteiger partial charge is 0.276 e. The normalized spacial score (nSPS) is 14.4. The van der Waals surface area contributed by atoms with E-state index in [4.69, 9.17) is 0 Å². The fourth-order valence-electron chi connectivity index (χ4n) is 2.80. The average Bonchev–Trinajstić information content (AvgIpc) is 2.97. The van der Waals surface area contributed by atoms with Crippen LogP contribution in [0.1, 0.15) is 36.5 Å². The van der Waals surface area contributed by atoms with Crippen molar-refractivity contribution in [3.63, 3.8) is 0 Å². The standard InChI is InChI=1S/C18H24N4O/c1-14(2)8-9-19-13-15-12-17-18(23)21(10-11-22(17)20-15)16-6-4-3-5-7-16/h3-7,12,14,19H,8-11,13H2,1-2H3. The number of aromatic nitrogens is 2. The van der Waals surface area contributed by atoms with E-state index in [1.165, 1.54) is 0 Å². The van der Waals surface area contributed by atoms with E-state index in [9.17, 15) is 4.79 Å². The summed E-state index contributed by atoms with van der Waals surface area (Å²) in [5.74, 6) is 0.724. The van der Waals surface area contributed by atoms with Gasteiger partial charge in [-0.05, 0) is 37.1 Å². The molecule has 1 aromatic carbocycles. The molecule has 5 heteroatoms. The molecule has 0 radical (unpaired) electrons. The van der Waals surface area contributed by atoms with Crippen LogP contribution in [0, 0.1) is 5.92 Å². The van der Waals surface area contributed by atoms with E-state index in [-0.39, 0.29) is 5.91 Å². The number of carbonyl (C=O) groups excluding carboxylic acids is 1. The molecule has 0 saturated carbocycles. The van der Waals surface area contributed by atoms with Gasteiger partial charge in [0.05, 0.1) is 12.2 Å². The number of para-hydroxylation sites is 1. The first-order valence-electron chi connectivity index (χ1n) is 8.29. The predicted octanol–water partition coefficient (Wildman–Crippen LogP) is 2.68. The Morgan fingerprint density at radius 1 is 1.22 bits per heavy atom. The summed E-state index contributed by atoms with van der Waals surface area (Å²) in [4.78, 5) is 14.5. The van der Waals surface area contributed by atoms with Gasteiger partial charge in [-0.25, -0.2) is 0 Å². The van der Waals surface area contributed by atoms with E-state index in [1.807, 2.05) is 46.0 Å². The molecule has 0 saturated heterocycles. The molecule has 122 valence electrons. The van der Waals surface area contributed by atoms with Gasteiger partial charge in [-0.3, -0.25) is 9.48 Å². The summed E-state index contributed by atoms with van der Waals surface area (Å²) in [6, 6.07) is 11.7. The number of hydrogen-bond acceptors (Lipinski definition) is 3. The van der Waals surface area contributed by atoms with Crippen LogP contribution in [0.15, 0.2) is 36.4 Å². The van der Waals surface area contributed by atoms with Gasteiger partial charge in [-0.1, -0.05) is 32.0 Å². The van der Waals surface area contributed by atoms with Crippen molar-refractivity contribution in [1.29, 1.82) is 0 Å². The number of fused-ring (bicyclic) bond motifs is 1. The van der Waals surface area contributed by atoms with E-state index in [0.29, 0.717) is 24.7 Å². The van der Waals surface area contributed by atoms with E-state index in [1.54, 1.807) is 0 Å². The Kier molecular flexibility index (Phi) is 4.76. The van der Waals surface area contributed by atoms with Gasteiger partial charge in [0, 0.05) is 18.8 Å². The van der Waals surface area contributed by atoms with Crippen LogP contribution in [0.5, 0.6) is 0 Å². The SMILES string of the molecule is CC(C)CCNCc1cc2n(n1)CCN(c1ccccc1)C2=O. The van der Waals surface area contributed by atoms with Crippen LogP contribution < -0.4 is 10.2 Å². The van der Waals surface area contributed by atoms with Crippen molar-refractivity contribution in [3.8, 4) is 0 Å². The number of nitrogens with zero attached hydrogens (tertiary/aromatic N) is 3. The molecule has 0 atom stereocenters. The van der Waals surface area contributed by atoms with Gasteiger partial charge in [0.15, 0.2) is 0 Å². The lowest BCUT2D eigenvalue weighted by molar-refractivity contribution is 0.0962. The van der Waals surface area contributed by atoms with E-state index in [0.717, 1.165) is 30.9 Å². The van der Waals surface area contributed by atoms with Crippen molar-refractivity contribution in [3.05, 3.63) is 47.8 Å². The summed E-state index contributed by atoms with van der Waals surface area (Å²) in [6.07, 6.45) is 1.15. The van der Waals surface area contributed by atoms with Crippen molar-refractivity contribution in [2.24, 2.45) is 5.92 Å². The summed E-state index contributed by atoms with van der Waals surface area (Å²) < 4.78 is 1.83. The highest BCUT2D eigenvalue weighted by Crippen LogP contribution is 2.21. The molecule has 0 fully saturated rings. The second-order valence-corrected chi connectivity index (χ2v) is 6.40. The summed E-state index contributed by atoms with van der Waals surface area (Å²) in [5.41, 5.74) is 2.56. The van der Waals surface area contributed by atoms with Crippen molar-refractivity contribution < 1.29 is 4.79 Å². The highest BCUT2D eigenvalue weighted by molar-refractivity contribution is 6.05. The van der Waals surface area contributed by atoms with Crippen LogP contribution in [0.25, 0.3) is 0 Å². The van der Waals surface area contributed by atoms with Gasteiger partial charge in [-0.2, -0.15) is 5.10 Å². The third kappa shape index (κ3) is 3.62. The van der Waals surface area contributed by atoms with E-state index in [2.05, 4.69) is 24.3 Å². The number of benzene rings is 1. The van der Waals surface area contributed by atoms with Crippen LogP contribution in [-0.2, 0) is 13.1 Å². The molecule has 3 rings (SSSR count). The molecular formula is C18H24N4O. The van der Waals surface area contributed by atoms with Crippen LogP contribution in [0.2, 0.25) is 0 Å². The largest absolute Gasteiger partial charge is 0.311 e. The summed E-state index contributed by atoms with van der Waals surface area (Å²) in [5, 5.41) is 7.95. The number of anilines is 1. The maximum atomic E-state index is 12.7. The Hall–Kier alpha value is -2.14. The highest BCUT2D eigenvalue weighted by Gasteiger charge is 2.27. The van der Waals surface area contributed by atoms with Crippen LogP contribution in [-0.4, -0.2) is 28.8 Å². The summed E-state index contributed by atoms with van der Waals surface area (Å²) in [6.45, 7) is 7.52. The van der Waals surface area contributed by atoms with Crippen molar-refractivity contribution in [1.82, 2.24) is 15.1 Å². The minimum Gasteiger partial charge on any atom is -0.311 e. The second kappa shape index (κ2) is 6.96. The third-order valence-corrected chi connectivity index (χ3v) is 4.10. The number of amides is 1. The molecule has 0 spiro atoms. The molecule has 5 nitrogen and oxygen atoms in total. The zero-order chi connectivity index (χ0) is 16.2. The monoisotopic (exact) mass is 312 g/mol. The number of nitrogens with one attached hydrogen (secondary N) is 1. The zero-order valence-electron chi connectivity index (χ0n) is 13.8. The van der Waals surface area contributed by atoms with E-state index >= 15 is 0 Å². The lowest BCUT2D eigenvalue weighted by Gasteiger charge is -2.27. The van der Waals surface area contributed by atoms with Crippen LogP contribution in [0.3, 0.4) is 0 Å². The zero-order valence-corrected chi connectivity index (χ0v) is 13.8. The van der Waals surface area contributed by atoms with Gasteiger partial charge in [0.2, 0.25) is 0 Å². The molecule has 1 aliphatic heterocycles. The van der Waals surface area contributed by atoms with Crippen molar-refractivity contribution in [2.45, 2.75) is 33.4 Å². The molecule has 2 aromatic rings. The third-order valence-electron chi connectivity index (χ3n) is 4.10. The Labute approximate surface area is 137 Å². The molecule has 2 heterocycles. The Morgan fingerprint density at radius 3 is 2.74 bits per heavy atom. The molecule has 0 aliphatic carbocycles. The first-order chi connectivity index (χ1) is 11.1. The maximum absolute atomic E-state index is 12.7. The maximum Gasteiger partial charge on any atom is 0.276 e. The molecule has 1 amide bonds. The summed E-state index contributed by atoms with van der Waals surface area (Å²) >= 11 is 0. The number of rotatable bonds is 6. The van der Waals surface area contributed by atoms with Gasteiger partial charge in [0.1, 0.15) is 5.69 Å². The Bertz CT molecular complexity index is 663. The van der Waals surface area contributed by atoms with Crippen molar-refractivity contribution in [2.75, 3.05) is 18.0 Å².